The van der Waals surface area contributed by atoms with Crippen LogP contribution in [-0.2, 0) is 4.74 Å². The molecule has 0 unspecified atom stereocenters. The number of carbonyl (C=O) groups excluding carboxylic acids is 1. The van der Waals surface area contributed by atoms with Gasteiger partial charge in [-0.2, -0.15) is 0 Å². The topological polar surface area (TPSA) is 31.2 Å². The normalized spacial score (nSPS) is 11.0. The van der Waals surface area contributed by atoms with Crippen LogP contribution < -0.4 is 0 Å². The van der Waals surface area contributed by atoms with Crippen molar-refractivity contribution in [1.29, 1.82) is 0 Å². The Labute approximate surface area is 159 Å². The van der Waals surface area contributed by atoms with Gasteiger partial charge in [-0.05, 0) is 56.5 Å². The first-order chi connectivity index (χ1) is 12.9. The predicted octanol–water partition coefficient (Wildman–Crippen LogP) is 6.03. The molecule has 0 aliphatic heterocycles. The van der Waals surface area contributed by atoms with E-state index in [1.807, 2.05) is 55.8 Å². The van der Waals surface area contributed by atoms with Gasteiger partial charge in [0.05, 0.1) is 6.61 Å². The lowest BCUT2D eigenvalue weighted by atomic mass is 9.94. The van der Waals surface area contributed by atoms with Crippen LogP contribution in [0.15, 0.2) is 54.7 Å². The van der Waals surface area contributed by atoms with Crippen LogP contribution >= 0.6 is 0 Å². The molecule has 0 saturated heterocycles. The fraction of sp³-hybridized carbons (Fsp3) is 0.261. The Morgan fingerprint density at radius 1 is 1.07 bits per heavy atom. The summed E-state index contributed by atoms with van der Waals surface area (Å²) >= 11 is 0. The average molecular weight is 365 g/mol. The Balaban J connectivity index is 2.36. The van der Waals surface area contributed by atoms with Crippen LogP contribution in [0.4, 0.5) is 4.39 Å². The van der Waals surface area contributed by atoms with Gasteiger partial charge >= 0.3 is 5.97 Å². The minimum atomic E-state index is -0.349. The smallest absolute Gasteiger partial charge is 0.355 e. The standard InChI is InChI=1S/C23H24FNO2/c1-5-27-23(26)22-21(19-9-7-6-8-16(19)4)20(14-25(22)15(2)3)17-10-12-18(24)13-11-17/h6-15H,5H2,1-4H3. The van der Waals surface area contributed by atoms with Gasteiger partial charge in [-0.3, -0.25) is 0 Å². The van der Waals surface area contributed by atoms with E-state index in [2.05, 4.69) is 0 Å². The Hall–Kier alpha value is -2.88. The van der Waals surface area contributed by atoms with Crippen molar-refractivity contribution in [2.45, 2.75) is 33.7 Å². The number of halogens is 1. The minimum absolute atomic E-state index is 0.0707. The quantitative estimate of drug-likeness (QED) is 0.517. The summed E-state index contributed by atoms with van der Waals surface area (Å²) in [5.74, 6) is -0.636. The van der Waals surface area contributed by atoms with Gasteiger partial charge in [0, 0.05) is 23.4 Å². The number of esters is 1. The van der Waals surface area contributed by atoms with Crippen LogP contribution in [-0.4, -0.2) is 17.1 Å². The zero-order valence-electron chi connectivity index (χ0n) is 16.1. The largest absolute Gasteiger partial charge is 0.461 e. The highest BCUT2D eigenvalue weighted by Gasteiger charge is 2.26. The number of hydrogen-bond acceptors (Lipinski definition) is 2. The lowest BCUT2D eigenvalue weighted by Gasteiger charge is -2.14. The Kier molecular flexibility index (Phi) is 5.45. The van der Waals surface area contributed by atoms with E-state index in [9.17, 15) is 9.18 Å². The zero-order valence-corrected chi connectivity index (χ0v) is 16.1. The predicted molar refractivity (Wildman–Crippen MR) is 106 cm³/mol. The second-order valence-corrected chi connectivity index (χ2v) is 6.81. The third-order valence-corrected chi connectivity index (χ3v) is 4.63. The summed E-state index contributed by atoms with van der Waals surface area (Å²) in [6, 6.07) is 14.4. The maximum Gasteiger partial charge on any atom is 0.355 e. The molecule has 27 heavy (non-hydrogen) atoms. The molecule has 1 aromatic heterocycles. The van der Waals surface area contributed by atoms with E-state index in [4.69, 9.17) is 4.74 Å². The van der Waals surface area contributed by atoms with Gasteiger partial charge in [-0.1, -0.05) is 36.4 Å². The maximum atomic E-state index is 13.5. The molecular weight excluding hydrogens is 341 g/mol. The van der Waals surface area contributed by atoms with Crippen molar-refractivity contribution < 1.29 is 13.9 Å². The fourth-order valence-electron chi connectivity index (χ4n) is 3.31. The first kappa shape index (κ1) is 18.9. The van der Waals surface area contributed by atoms with Gasteiger partial charge in [-0.15, -0.1) is 0 Å². The molecule has 0 amide bonds. The molecule has 0 N–H and O–H groups in total. The van der Waals surface area contributed by atoms with Gasteiger partial charge in [0.1, 0.15) is 11.5 Å². The van der Waals surface area contributed by atoms with Gasteiger partial charge in [0.2, 0.25) is 0 Å². The van der Waals surface area contributed by atoms with E-state index >= 15 is 0 Å². The lowest BCUT2D eigenvalue weighted by Crippen LogP contribution is -2.14. The SMILES string of the molecule is CCOC(=O)c1c(-c2ccccc2C)c(-c2ccc(F)cc2)cn1C(C)C. The fourth-order valence-corrected chi connectivity index (χ4v) is 3.31. The van der Waals surface area contributed by atoms with Crippen molar-refractivity contribution in [2.24, 2.45) is 0 Å². The van der Waals surface area contributed by atoms with E-state index in [1.165, 1.54) is 12.1 Å². The number of hydrogen-bond donors (Lipinski definition) is 0. The maximum absolute atomic E-state index is 13.5. The highest BCUT2D eigenvalue weighted by molar-refractivity contribution is 6.02. The molecule has 0 fully saturated rings. The second-order valence-electron chi connectivity index (χ2n) is 6.81. The molecular formula is C23H24FNO2. The van der Waals surface area contributed by atoms with Crippen LogP contribution in [0.1, 0.15) is 42.9 Å². The summed E-state index contributed by atoms with van der Waals surface area (Å²) in [6.45, 7) is 8.18. The molecule has 0 aliphatic rings. The molecule has 0 aliphatic carbocycles. The molecule has 3 nitrogen and oxygen atoms in total. The Morgan fingerprint density at radius 2 is 1.74 bits per heavy atom. The highest BCUT2D eigenvalue weighted by Crippen LogP contribution is 2.39. The zero-order chi connectivity index (χ0) is 19.6. The molecule has 0 bridgehead atoms. The molecule has 2 aromatic carbocycles. The molecule has 0 spiro atoms. The third kappa shape index (κ3) is 3.65. The number of aromatic nitrogens is 1. The van der Waals surface area contributed by atoms with Crippen molar-refractivity contribution >= 4 is 5.97 Å². The molecule has 0 radical (unpaired) electrons. The van der Waals surface area contributed by atoms with Crippen LogP contribution in [0.5, 0.6) is 0 Å². The van der Waals surface area contributed by atoms with Gasteiger partial charge < -0.3 is 9.30 Å². The lowest BCUT2D eigenvalue weighted by molar-refractivity contribution is 0.0513. The van der Waals surface area contributed by atoms with E-state index in [-0.39, 0.29) is 17.8 Å². The van der Waals surface area contributed by atoms with Crippen LogP contribution in [0.25, 0.3) is 22.3 Å². The molecule has 0 saturated carbocycles. The Morgan fingerprint density at radius 3 is 2.33 bits per heavy atom. The second kappa shape index (κ2) is 7.78. The monoisotopic (exact) mass is 365 g/mol. The Bertz CT molecular complexity index is 955. The van der Waals surface area contributed by atoms with E-state index in [0.29, 0.717) is 12.3 Å². The number of ether oxygens (including phenoxy) is 1. The van der Waals surface area contributed by atoms with Gasteiger partial charge in [0.15, 0.2) is 0 Å². The van der Waals surface area contributed by atoms with Gasteiger partial charge in [-0.25, -0.2) is 9.18 Å². The van der Waals surface area contributed by atoms with Crippen LogP contribution in [0.2, 0.25) is 0 Å². The number of nitrogens with zero attached hydrogens (tertiary/aromatic N) is 1. The van der Waals surface area contributed by atoms with Crippen molar-refractivity contribution in [3.63, 3.8) is 0 Å². The van der Waals surface area contributed by atoms with E-state index < -0.39 is 0 Å². The van der Waals surface area contributed by atoms with Crippen LogP contribution in [0, 0.1) is 12.7 Å². The number of carbonyl (C=O) groups is 1. The molecule has 3 aromatic rings. The molecule has 4 heteroatoms. The number of rotatable bonds is 5. The third-order valence-electron chi connectivity index (χ3n) is 4.63. The molecule has 0 atom stereocenters. The summed E-state index contributed by atoms with van der Waals surface area (Å²) in [5.41, 5.74) is 5.14. The molecule has 140 valence electrons. The average Bonchev–Trinajstić information content (AvgIpc) is 3.03. The highest BCUT2D eigenvalue weighted by atomic mass is 19.1. The van der Waals surface area contributed by atoms with Crippen molar-refractivity contribution in [2.75, 3.05) is 6.61 Å². The van der Waals surface area contributed by atoms with Crippen molar-refractivity contribution in [1.82, 2.24) is 4.57 Å². The number of benzene rings is 2. The van der Waals surface area contributed by atoms with Crippen molar-refractivity contribution in [3.8, 4) is 22.3 Å². The first-order valence-corrected chi connectivity index (χ1v) is 9.18. The first-order valence-electron chi connectivity index (χ1n) is 9.18. The summed E-state index contributed by atoms with van der Waals surface area (Å²) < 4.78 is 20.8. The minimum Gasteiger partial charge on any atom is -0.461 e. The van der Waals surface area contributed by atoms with Crippen LogP contribution in [0.3, 0.4) is 0 Å². The number of aryl methyl sites for hydroxylation is 1. The molecule has 3 rings (SSSR count). The summed E-state index contributed by atoms with van der Waals surface area (Å²) in [6.07, 6.45) is 1.96. The van der Waals surface area contributed by atoms with E-state index in [1.54, 1.807) is 19.1 Å². The van der Waals surface area contributed by atoms with Gasteiger partial charge in [0.25, 0.3) is 0 Å². The van der Waals surface area contributed by atoms with E-state index in [0.717, 1.165) is 27.8 Å². The van der Waals surface area contributed by atoms with Crippen molar-refractivity contribution in [3.05, 3.63) is 71.8 Å². The molecule has 1 heterocycles. The summed E-state index contributed by atoms with van der Waals surface area (Å²) in [7, 11) is 0. The summed E-state index contributed by atoms with van der Waals surface area (Å²) in [4.78, 5) is 12.9. The summed E-state index contributed by atoms with van der Waals surface area (Å²) in [5, 5.41) is 0.